The predicted molar refractivity (Wildman–Crippen MR) is 141 cm³/mol. The van der Waals surface area contributed by atoms with Gasteiger partial charge in [0.1, 0.15) is 42.7 Å². The van der Waals surface area contributed by atoms with Gasteiger partial charge in [-0.3, -0.25) is 4.79 Å². The van der Waals surface area contributed by atoms with Crippen LogP contribution < -0.4 is 33.6 Å². The first-order valence-corrected chi connectivity index (χ1v) is 14.1. The van der Waals surface area contributed by atoms with Gasteiger partial charge in [0.05, 0.1) is 36.9 Å². The molecule has 18 nitrogen and oxygen atoms in total. The van der Waals surface area contributed by atoms with Crippen LogP contribution in [0.4, 0.5) is 0 Å². The third-order valence-corrected chi connectivity index (χ3v) is 8.35. The highest BCUT2D eigenvalue weighted by molar-refractivity contribution is 5.81. The van der Waals surface area contributed by atoms with Crippen LogP contribution in [-0.4, -0.2) is 161 Å². The van der Waals surface area contributed by atoms with E-state index in [2.05, 4.69) is 10.6 Å². The van der Waals surface area contributed by atoms with Crippen molar-refractivity contribution in [3.05, 3.63) is 0 Å². The van der Waals surface area contributed by atoms with E-state index in [1.807, 2.05) is 0 Å². The number of likely N-dealkylation sites (N-methyl/N-ethyl adjacent to an activating group) is 1. The Labute approximate surface area is 242 Å². The Balaban J connectivity index is 1.41. The number of carbonyl (C=O) groups excluding carboxylic acids is 1. The summed E-state index contributed by atoms with van der Waals surface area (Å²) in [5.41, 5.74) is 23.7. The van der Waals surface area contributed by atoms with Gasteiger partial charge in [0.15, 0.2) is 18.9 Å². The van der Waals surface area contributed by atoms with Gasteiger partial charge in [-0.1, -0.05) is 0 Å². The van der Waals surface area contributed by atoms with Crippen LogP contribution in [0, 0.1) is 0 Å². The van der Waals surface area contributed by atoms with E-state index in [-0.39, 0.29) is 19.0 Å². The molecule has 4 rings (SSSR count). The molecule has 17 atom stereocenters. The summed E-state index contributed by atoms with van der Waals surface area (Å²) in [6.45, 7) is -1.06. The number of ether oxygens (including phenoxy) is 5. The van der Waals surface area contributed by atoms with Crippen LogP contribution in [0.15, 0.2) is 0 Å². The molecule has 18 heteroatoms. The number of rotatable bonds is 9. The topological polar surface area (TPSA) is 313 Å². The highest BCUT2D eigenvalue weighted by atomic mass is 16.8. The lowest BCUT2D eigenvalue weighted by atomic mass is 9.86. The molecule has 9 unspecified atom stereocenters. The van der Waals surface area contributed by atoms with Gasteiger partial charge in [-0.2, -0.15) is 0 Å². The highest BCUT2D eigenvalue weighted by Crippen LogP contribution is 2.35. The largest absolute Gasteiger partial charge is 0.394 e. The summed E-state index contributed by atoms with van der Waals surface area (Å²) >= 11 is 0. The van der Waals surface area contributed by atoms with Gasteiger partial charge in [0.25, 0.3) is 5.91 Å². The van der Waals surface area contributed by atoms with Gasteiger partial charge in [-0.05, 0) is 26.3 Å². The Morgan fingerprint density at radius 1 is 0.905 bits per heavy atom. The zero-order chi connectivity index (χ0) is 30.9. The maximum atomic E-state index is 12.1. The fourth-order valence-corrected chi connectivity index (χ4v) is 6.00. The molecule has 3 aliphatic heterocycles. The van der Waals surface area contributed by atoms with Crippen molar-refractivity contribution < 1.29 is 59.1 Å². The summed E-state index contributed by atoms with van der Waals surface area (Å²) in [6.07, 6.45) is -13.7. The number of nitrogens with one attached hydrogen (secondary N) is 2. The van der Waals surface area contributed by atoms with Crippen molar-refractivity contribution in [3.8, 4) is 0 Å². The summed E-state index contributed by atoms with van der Waals surface area (Å²) in [7, 11) is 1.54. The lowest BCUT2D eigenvalue weighted by Gasteiger charge is -2.51. The van der Waals surface area contributed by atoms with E-state index in [0.717, 1.165) is 0 Å². The molecule has 42 heavy (non-hydrogen) atoms. The summed E-state index contributed by atoms with van der Waals surface area (Å²) in [5.74, 6) is -0.922. The van der Waals surface area contributed by atoms with Crippen LogP contribution in [-0.2, 0) is 28.5 Å². The first-order valence-electron chi connectivity index (χ1n) is 14.1. The molecule has 244 valence electrons. The van der Waals surface area contributed by atoms with E-state index in [9.17, 15) is 35.4 Å². The molecule has 0 aromatic heterocycles. The average Bonchev–Trinajstić information content (AvgIpc) is 2.94. The number of nitrogens with two attached hydrogens (primary N) is 4. The van der Waals surface area contributed by atoms with E-state index < -0.39 is 110 Å². The molecule has 0 radical (unpaired) electrons. The van der Waals surface area contributed by atoms with Gasteiger partial charge >= 0.3 is 0 Å². The molecule has 16 N–H and O–H groups in total. The minimum atomic E-state index is -1.73. The molecule has 3 saturated heterocycles. The van der Waals surface area contributed by atoms with Crippen molar-refractivity contribution in [3.63, 3.8) is 0 Å². The van der Waals surface area contributed by atoms with Crippen molar-refractivity contribution in [2.45, 2.75) is 123 Å². The molecule has 3 heterocycles. The van der Waals surface area contributed by atoms with Crippen molar-refractivity contribution in [1.82, 2.24) is 10.6 Å². The van der Waals surface area contributed by atoms with Crippen LogP contribution in [0.3, 0.4) is 0 Å². The van der Waals surface area contributed by atoms with E-state index in [1.165, 1.54) is 7.05 Å². The molecule has 0 aromatic carbocycles. The zero-order valence-corrected chi connectivity index (χ0v) is 23.3. The van der Waals surface area contributed by atoms with Crippen LogP contribution in [0.25, 0.3) is 0 Å². The fourth-order valence-electron chi connectivity index (χ4n) is 6.00. The second-order valence-corrected chi connectivity index (χ2v) is 11.4. The van der Waals surface area contributed by atoms with Crippen molar-refractivity contribution >= 4 is 5.91 Å². The maximum Gasteiger partial charge on any atom is 0.250 e. The number of hydrogen-bond donors (Lipinski definition) is 12. The van der Waals surface area contributed by atoms with Gasteiger partial charge in [-0.15, -0.1) is 0 Å². The second-order valence-electron chi connectivity index (χ2n) is 11.4. The van der Waals surface area contributed by atoms with E-state index in [1.54, 1.807) is 0 Å². The van der Waals surface area contributed by atoms with Crippen LogP contribution in [0.2, 0.25) is 0 Å². The van der Waals surface area contributed by atoms with E-state index >= 15 is 0 Å². The quantitative estimate of drug-likeness (QED) is 0.115. The highest BCUT2D eigenvalue weighted by Gasteiger charge is 2.54. The molecule has 0 bridgehead atoms. The Kier molecular flexibility index (Phi) is 11.5. The lowest BCUT2D eigenvalue weighted by molar-refractivity contribution is -0.373. The smallest absolute Gasteiger partial charge is 0.250 e. The van der Waals surface area contributed by atoms with Gasteiger partial charge < -0.3 is 87.9 Å². The first kappa shape index (κ1) is 33.7. The normalized spacial score (nSPS) is 48.7. The van der Waals surface area contributed by atoms with Crippen molar-refractivity contribution in [1.29, 1.82) is 0 Å². The Morgan fingerprint density at radius 3 is 2.24 bits per heavy atom. The number of carbonyl (C=O) groups is 1. The zero-order valence-electron chi connectivity index (χ0n) is 23.3. The lowest BCUT2D eigenvalue weighted by Crippen LogP contribution is -2.70. The first-order chi connectivity index (χ1) is 19.9. The minimum absolute atomic E-state index is 0.161. The Morgan fingerprint density at radius 2 is 1.62 bits per heavy atom. The number of aliphatic hydroxyl groups is 6. The summed E-state index contributed by atoms with van der Waals surface area (Å²) in [4.78, 5) is 12.1. The number of hydrogen-bond acceptors (Lipinski definition) is 17. The SMILES string of the molecule is CNC1C(O[C@H]2OC(CO)[C@@H](NC(=O)[C@@H](O)CN)C(O)C2O)O[C@H]2CC(N)[C@@H](O[C@@H]3C(N)C[C@@H](N)C[C@H]3O)OC2C1O. The van der Waals surface area contributed by atoms with Gasteiger partial charge in [0.2, 0.25) is 0 Å². The molecule has 1 saturated carbocycles. The summed E-state index contributed by atoms with van der Waals surface area (Å²) in [6, 6.07) is -3.75. The molecule has 1 aliphatic carbocycles. The van der Waals surface area contributed by atoms with Gasteiger partial charge in [0, 0.05) is 18.6 Å². The monoisotopic (exact) mass is 610 g/mol. The summed E-state index contributed by atoms with van der Waals surface area (Å²) in [5, 5.41) is 67.9. The third-order valence-electron chi connectivity index (χ3n) is 8.35. The molecular formula is C24H46N6O12. The van der Waals surface area contributed by atoms with Crippen LogP contribution in [0.5, 0.6) is 0 Å². The summed E-state index contributed by atoms with van der Waals surface area (Å²) < 4.78 is 29.6. The van der Waals surface area contributed by atoms with Crippen LogP contribution >= 0.6 is 0 Å². The van der Waals surface area contributed by atoms with E-state index in [0.29, 0.717) is 12.8 Å². The van der Waals surface area contributed by atoms with Gasteiger partial charge in [-0.25, -0.2) is 0 Å². The molecule has 4 aliphatic rings. The van der Waals surface area contributed by atoms with Crippen LogP contribution in [0.1, 0.15) is 19.3 Å². The molecule has 4 fully saturated rings. The standard InChI is InChI=1S/C24H46N6O12/c1-29-15-17(35)20-12(4-9(28)22(41-20)40-19-8(27)2-7(26)3-10(19)32)38-23(15)42-24-18(36)16(34)14(13(6-31)39-24)30-21(37)11(33)5-25/h7-20,22-24,29,31-36H,2-6,25-28H2,1H3,(H,30,37)/t7-,8?,9?,10-,11+,12+,13?,14-,15?,16?,17?,18?,19-,20?,22+,23?,24-/m1/s1. The molecule has 0 spiro atoms. The second kappa shape index (κ2) is 14.3. The predicted octanol–water partition coefficient (Wildman–Crippen LogP) is -7.44. The molecular weight excluding hydrogens is 564 g/mol. The average molecular weight is 611 g/mol. The van der Waals surface area contributed by atoms with Crippen molar-refractivity contribution in [2.24, 2.45) is 22.9 Å². The fraction of sp³-hybridized carbons (Fsp3) is 0.958. The number of fused-ring (bicyclic) bond motifs is 1. The molecule has 0 aromatic rings. The van der Waals surface area contributed by atoms with E-state index in [4.69, 9.17) is 46.6 Å². The third kappa shape index (κ3) is 7.04. The Hall–Kier alpha value is -1.17. The number of aliphatic hydroxyl groups excluding tert-OH is 6. The molecule has 1 amide bonds. The minimum Gasteiger partial charge on any atom is -0.394 e. The Bertz CT molecular complexity index is 881. The number of amides is 1. The van der Waals surface area contributed by atoms with Crippen molar-refractivity contribution in [2.75, 3.05) is 20.2 Å². The maximum absolute atomic E-state index is 12.1.